The van der Waals surface area contributed by atoms with Gasteiger partial charge in [0.25, 0.3) is 0 Å². The Bertz CT molecular complexity index is 835. The van der Waals surface area contributed by atoms with E-state index in [1.165, 1.54) is 6.92 Å². The lowest BCUT2D eigenvalue weighted by atomic mass is 9.98. The van der Waals surface area contributed by atoms with Crippen molar-refractivity contribution in [2.75, 3.05) is 6.54 Å². The van der Waals surface area contributed by atoms with Gasteiger partial charge in [0.15, 0.2) is 11.5 Å². The third-order valence-corrected chi connectivity index (χ3v) is 7.11. The minimum Gasteiger partial charge on any atom is -0.504 e. The molecule has 2 aliphatic rings. The Morgan fingerprint density at radius 1 is 1.17 bits per heavy atom. The standard InChI is InChI=1S/C28H43NO6/c1-3-4-5-9-23(31)18-25(34-20(2)30)14-13-21-16-22(19-29-15-8-12-27(29)32)28(33)26(17-21)35-24-10-6-7-11-24/h16-17,23-25,31,33H,3-15,18-19H2,1-2H3. The summed E-state index contributed by atoms with van der Waals surface area (Å²) in [6.07, 6.45) is 10.3. The van der Waals surface area contributed by atoms with Gasteiger partial charge >= 0.3 is 5.97 Å². The molecule has 2 fully saturated rings. The number of carbonyl (C=O) groups excluding carboxylic acids is 2. The highest BCUT2D eigenvalue weighted by Gasteiger charge is 2.25. The molecule has 1 heterocycles. The molecule has 7 nitrogen and oxygen atoms in total. The lowest BCUT2D eigenvalue weighted by molar-refractivity contribution is -0.148. The van der Waals surface area contributed by atoms with Crippen LogP contribution < -0.4 is 4.74 Å². The Balaban J connectivity index is 1.72. The second-order valence-corrected chi connectivity index (χ2v) is 10.2. The zero-order valence-electron chi connectivity index (χ0n) is 21.5. The molecule has 1 saturated heterocycles. The Kier molecular flexibility index (Phi) is 10.7. The summed E-state index contributed by atoms with van der Waals surface area (Å²) in [5.74, 6) is 0.350. The number of benzene rings is 1. The van der Waals surface area contributed by atoms with Crippen molar-refractivity contribution in [3.63, 3.8) is 0 Å². The van der Waals surface area contributed by atoms with Crippen LogP contribution in [0.2, 0.25) is 0 Å². The van der Waals surface area contributed by atoms with Crippen molar-refractivity contribution in [2.45, 2.75) is 122 Å². The van der Waals surface area contributed by atoms with Crippen LogP contribution >= 0.6 is 0 Å². The fourth-order valence-electron chi connectivity index (χ4n) is 5.18. The predicted molar refractivity (Wildman–Crippen MR) is 134 cm³/mol. The van der Waals surface area contributed by atoms with Crippen LogP contribution in [0.5, 0.6) is 11.5 Å². The monoisotopic (exact) mass is 489 g/mol. The third-order valence-electron chi connectivity index (χ3n) is 7.11. The number of phenols is 1. The molecular formula is C28H43NO6. The number of ether oxygens (including phenoxy) is 2. The van der Waals surface area contributed by atoms with Crippen molar-refractivity contribution in [2.24, 2.45) is 0 Å². The second-order valence-electron chi connectivity index (χ2n) is 10.2. The number of unbranched alkanes of at least 4 members (excludes halogenated alkanes) is 2. The van der Waals surface area contributed by atoms with Crippen LogP contribution in [0.4, 0.5) is 0 Å². The summed E-state index contributed by atoms with van der Waals surface area (Å²) < 4.78 is 11.7. The lowest BCUT2D eigenvalue weighted by Crippen LogP contribution is -2.24. The number of amides is 1. The summed E-state index contributed by atoms with van der Waals surface area (Å²) in [5.41, 5.74) is 1.66. The molecule has 0 bridgehead atoms. The molecule has 2 N–H and O–H groups in total. The molecule has 3 rings (SSSR count). The van der Waals surface area contributed by atoms with Crippen LogP contribution in [-0.4, -0.2) is 51.8 Å². The maximum Gasteiger partial charge on any atom is 0.302 e. The van der Waals surface area contributed by atoms with Gasteiger partial charge in [-0.1, -0.05) is 32.3 Å². The number of nitrogens with zero attached hydrogens (tertiary/aromatic N) is 1. The van der Waals surface area contributed by atoms with E-state index < -0.39 is 6.10 Å². The maximum atomic E-state index is 12.2. The van der Waals surface area contributed by atoms with Crippen LogP contribution in [0.15, 0.2) is 12.1 Å². The van der Waals surface area contributed by atoms with Crippen LogP contribution in [0.1, 0.15) is 102 Å². The number of rotatable bonds is 14. The molecule has 1 aliphatic heterocycles. The third kappa shape index (κ3) is 8.71. The molecule has 0 spiro atoms. The Hall–Kier alpha value is -2.28. The summed E-state index contributed by atoms with van der Waals surface area (Å²) in [6, 6.07) is 3.82. The van der Waals surface area contributed by atoms with E-state index in [9.17, 15) is 19.8 Å². The van der Waals surface area contributed by atoms with E-state index in [0.717, 1.165) is 56.9 Å². The van der Waals surface area contributed by atoms with Crippen molar-refractivity contribution < 1.29 is 29.3 Å². The molecule has 1 amide bonds. The first-order chi connectivity index (χ1) is 16.9. The molecule has 7 heteroatoms. The smallest absolute Gasteiger partial charge is 0.302 e. The minimum atomic E-state index is -0.497. The molecule has 1 saturated carbocycles. The first-order valence-corrected chi connectivity index (χ1v) is 13.5. The molecule has 35 heavy (non-hydrogen) atoms. The number of aliphatic hydroxyl groups is 1. The van der Waals surface area contributed by atoms with Gasteiger partial charge in [0.1, 0.15) is 6.10 Å². The summed E-state index contributed by atoms with van der Waals surface area (Å²) in [6.45, 7) is 4.59. The number of hydrogen-bond acceptors (Lipinski definition) is 6. The number of likely N-dealkylation sites (tertiary alicyclic amines) is 1. The van der Waals surface area contributed by atoms with Gasteiger partial charge in [-0.05, 0) is 63.0 Å². The molecule has 2 atom stereocenters. The average Bonchev–Trinajstić information content (AvgIpc) is 3.46. The zero-order chi connectivity index (χ0) is 25.2. The van der Waals surface area contributed by atoms with Crippen molar-refractivity contribution >= 4 is 11.9 Å². The van der Waals surface area contributed by atoms with Gasteiger partial charge in [0.05, 0.1) is 12.2 Å². The van der Waals surface area contributed by atoms with Gasteiger partial charge < -0.3 is 24.6 Å². The van der Waals surface area contributed by atoms with Crippen LogP contribution in [0.25, 0.3) is 0 Å². The van der Waals surface area contributed by atoms with E-state index in [2.05, 4.69) is 6.92 Å². The second kappa shape index (κ2) is 13.7. The number of hydrogen-bond donors (Lipinski definition) is 2. The normalized spacial score (nSPS) is 18.1. The highest BCUT2D eigenvalue weighted by molar-refractivity contribution is 5.78. The summed E-state index contributed by atoms with van der Waals surface area (Å²) in [4.78, 5) is 25.7. The molecular weight excluding hydrogens is 446 g/mol. The Morgan fingerprint density at radius 3 is 2.60 bits per heavy atom. The highest BCUT2D eigenvalue weighted by atomic mass is 16.5. The van der Waals surface area contributed by atoms with Gasteiger partial charge in [-0.2, -0.15) is 0 Å². The fraction of sp³-hybridized carbons (Fsp3) is 0.714. The van der Waals surface area contributed by atoms with Crippen molar-refractivity contribution in [1.29, 1.82) is 0 Å². The van der Waals surface area contributed by atoms with E-state index in [1.807, 2.05) is 12.1 Å². The molecule has 0 radical (unpaired) electrons. The number of phenolic OH excluding ortho intramolecular Hbond substituents is 1. The van der Waals surface area contributed by atoms with E-state index in [0.29, 0.717) is 56.5 Å². The number of esters is 1. The molecule has 2 unspecified atom stereocenters. The largest absolute Gasteiger partial charge is 0.504 e. The van der Waals surface area contributed by atoms with E-state index >= 15 is 0 Å². The number of aryl methyl sites for hydroxylation is 1. The number of aromatic hydroxyl groups is 1. The van der Waals surface area contributed by atoms with Gasteiger partial charge in [-0.3, -0.25) is 9.59 Å². The summed E-state index contributed by atoms with van der Waals surface area (Å²) in [7, 11) is 0. The predicted octanol–water partition coefficient (Wildman–Crippen LogP) is 5.03. The minimum absolute atomic E-state index is 0.101. The van der Waals surface area contributed by atoms with E-state index in [-0.39, 0.29) is 29.8 Å². The highest BCUT2D eigenvalue weighted by Crippen LogP contribution is 2.36. The molecule has 1 aromatic rings. The Labute approximate surface area is 209 Å². The number of aliphatic hydroxyl groups excluding tert-OH is 1. The number of carbonyl (C=O) groups is 2. The maximum absolute atomic E-state index is 12.2. The zero-order valence-corrected chi connectivity index (χ0v) is 21.5. The van der Waals surface area contributed by atoms with Crippen molar-refractivity contribution in [3.8, 4) is 11.5 Å². The topological polar surface area (TPSA) is 96.3 Å². The first kappa shape index (κ1) is 27.3. The SMILES string of the molecule is CCCCCC(O)CC(CCc1cc(CN2CCCC2=O)c(O)c(OC2CCCC2)c1)OC(C)=O. The molecule has 1 aromatic carbocycles. The fourth-order valence-corrected chi connectivity index (χ4v) is 5.18. The molecule has 196 valence electrons. The molecule has 0 aromatic heterocycles. The van der Waals surface area contributed by atoms with Crippen molar-refractivity contribution in [3.05, 3.63) is 23.3 Å². The van der Waals surface area contributed by atoms with Gasteiger partial charge in [-0.25, -0.2) is 0 Å². The van der Waals surface area contributed by atoms with Crippen LogP contribution in [0.3, 0.4) is 0 Å². The van der Waals surface area contributed by atoms with E-state index in [4.69, 9.17) is 9.47 Å². The summed E-state index contributed by atoms with van der Waals surface area (Å²) >= 11 is 0. The quantitative estimate of drug-likeness (QED) is 0.281. The average molecular weight is 490 g/mol. The Morgan fingerprint density at radius 2 is 1.94 bits per heavy atom. The van der Waals surface area contributed by atoms with Crippen LogP contribution in [-0.2, 0) is 27.3 Å². The van der Waals surface area contributed by atoms with E-state index in [1.54, 1.807) is 4.90 Å². The van der Waals surface area contributed by atoms with Gasteiger partial charge in [0, 0.05) is 38.4 Å². The van der Waals surface area contributed by atoms with Crippen molar-refractivity contribution in [1.82, 2.24) is 4.90 Å². The summed E-state index contributed by atoms with van der Waals surface area (Å²) in [5, 5.41) is 21.4. The van der Waals surface area contributed by atoms with Gasteiger partial charge in [-0.15, -0.1) is 0 Å². The van der Waals surface area contributed by atoms with Gasteiger partial charge in [0.2, 0.25) is 5.91 Å². The molecule has 1 aliphatic carbocycles. The first-order valence-electron chi connectivity index (χ1n) is 13.5. The van der Waals surface area contributed by atoms with Crippen LogP contribution in [0, 0.1) is 0 Å². The lowest BCUT2D eigenvalue weighted by Gasteiger charge is -2.22.